The van der Waals surface area contributed by atoms with E-state index < -0.39 is 5.97 Å². The van der Waals surface area contributed by atoms with Crippen molar-refractivity contribution in [3.63, 3.8) is 0 Å². The highest BCUT2D eigenvalue weighted by molar-refractivity contribution is 7.09. The molecule has 116 valence electrons. The lowest BCUT2D eigenvalue weighted by molar-refractivity contribution is -0.144. The number of nitrogens with zero attached hydrogens (tertiary/aromatic N) is 1. The third-order valence-electron chi connectivity index (χ3n) is 4.11. The number of carbonyl (C=O) groups excluding carboxylic acids is 1. The molecule has 2 N–H and O–H groups in total. The van der Waals surface area contributed by atoms with Crippen molar-refractivity contribution in [3.05, 3.63) is 16.1 Å². The van der Waals surface area contributed by atoms with E-state index in [2.05, 4.69) is 10.3 Å². The number of amides is 1. The highest BCUT2D eigenvalue weighted by Gasteiger charge is 2.30. The number of carbonyl (C=O) groups is 2. The van der Waals surface area contributed by atoms with Gasteiger partial charge in [0.2, 0.25) is 5.91 Å². The maximum absolute atomic E-state index is 12.3. The zero-order valence-corrected chi connectivity index (χ0v) is 13.3. The van der Waals surface area contributed by atoms with E-state index in [4.69, 9.17) is 5.11 Å². The van der Waals surface area contributed by atoms with Crippen molar-refractivity contribution >= 4 is 23.2 Å². The van der Waals surface area contributed by atoms with Gasteiger partial charge in [0, 0.05) is 17.0 Å². The van der Waals surface area contributed by atoms with E-state index in [0.29, 0.717) is 25.7 Å². The number of aliphatic carboxylic acids is 1. The van der Waals surface area contributed by atoms with E-state index in [1.54, 1.807) is 11.3 Å². The summed E-state index contributed by atoms with van der Waals surface area (Å²) in [6, 6.07) is -0.0339. The van der Waals surface area contributed by atoms with Crippen molar-refractivity contribution < 1.29 is 14.7 Å². The SMILES string of the molecule is CCC(NC(=O)C1CCC(C(=O)O)CC1)c1nc(C)cs1. The van der Waals surface area contributed by atoms with Gasteiger partial charge in [0.15, 0.2) is 0 Å². The van der Waals surface area contributed by atoms with Crippen molar-refractivity contribution in [3.8, 4) is 0 Å². The van der Waals surface area contributed by atoms with Gasteiger partial charge in [-0.05, 0) is 39.0 Å². The first-order valence-corrected chi connectivity index (χ1v) is 8.34. The minimum Gasteiger partial charge on any atom is -0.481 e. The summed E-state index contributed by atoms with van der Waals surface area (Å²) in [4.78, 5) is 27.7. The largest absolute Gasteiger partial charge is 0.481 e. The molecule has 0 bridgehead atoms. The Bertz CT molecular complexity index is 507. The summed E-state index contributed by atoms with van der Waals surface area (Å²) < 4.78 is 0. The molecule has 1 aliphatic carbocycles. The number of rotatable bonds is 5. The maximum atomic E-state index is 12.3. The Morgan fingerprint density at radius 1 is 1.38 bits per heavy atom. The Morgan fingerprint density at radius 3 is 2.48 bits per heavy atom. The van der Waals surface area contributed by atoms with Crippen LogP contribution in [0.25, 0.3) is 0 Å². The molecule has 1 aromatic rings. The molecule has 1 unspecified atom stereocenters. The predicted octanol–water partition coefficient (Wildman–Crippen LogP) is 2.91. The highest BCUT2D eigenvalue weighted by atomic mass is 32.1. The molecule has 1 heterocycles. The van der Waals surface area contributed by atoms with Crippen LogP contribution in [0.5, 0.6) is 0 Å². The molecular formula is C15H22N2O3S. The Morgan fingerprint density at radius 2 is 2.00 bits per heavy atom. The lowest BCUT2D eigenvalue weighted by Gasteiger charge is -2.26. The van der Waals surface area contributed by atoms with Crippen molar-refractivity contribution in [2.75, 3.05) is 0 Å². The lowest BCUT2D eigenvalue weighted by atomic mass is 9.81. The number of aromatic nitrogens is 1. The second-order valence-electron chi connectivity index (χ2n) is 5.68. The molecule has 1 fully saturated rings. The fourth-order valence-electron chi connectivity index (χ4n) is 2.76. The summed E-state index contributed by atoms with van der Waals surface area (Å²) in [6.45, 7) is 3.98. The van der Waals surface area contributed by atoms with Gasteiger partial charge >= 0.3 is 5.97 Å². The maximum Gasteiger partial charge on any atom is 0.306 e. The van der Waals surface area contributed by atoms with Crippen molar-refractivity contribution in [2.24, 2.45) is 11.8 Å². The average Bonchev–Trinajstić information content (AvgIpc) is 2.91. The van der Waals surface area contributed by atoms with Gasteiger partial charge in [-0.25, -0.2) is 4.98 Å². The molecule has 5 nitrogen and oxygen atoms in total. The fraction of sp³-hybridized carbons (Fsp3) is 0.667. The van der Waals surface area contributed by atoms with Crippen molar-refractivity contribution in [1.82, 2.24) is 10.3 Å². The number of carboxylic acid groups (broad SMARTS) is 1. The summed E-state index contributed by atoms with van der Waals surface area (Å²) in [5.41, 5.74) is 0.977. The van der Waals surface area contributed by atoms with Gasteiger partial charge in [0.05, 0.1) is 12.0 Å². The zero-order chi connectivity index (χ0) is 15.4. The van der Waals surface area contributed by atoms with Crippen LogP contribution >= 0.6 is 11.3 Å². The standard InChI is InChI=1S/C15H22N2O3S/c1-3-12(14-16-9(2)8-21-14)17-13(18)10-4-6-11(7-5-10)15(19)20/h8,10-12H,3-7H2,1-2H3,(H,17,18)(H,19,20). The van der Waals surface area contributed by atoms with Crippen molar-refractivity contribution in [2.45, 2.75) is 52.0 Å². The number of aryl methyl sites for hydroxylation is 1. The minimum atomic E-state index is -0.737. The molecule has 1 aliphatic rings. The lowest BCUT2D eigenvalue weighted by Crippen LogP contribution is -2.36. The van der Waals surface area contributed by atoms with Crippen LogP contribution in [0.1, 0.15) is 55.8 Å². The second-order valence-corrected chi connectivity index (χ2v) is 6.57. The highest BCUT2D eigenvalue weighted by Crippen LogP contribution is 2.30. The van der Waals surface area contributed by atoms with Crippen LogP contribution in [0, 0.1) is 18.8 Å². The first kappa shape index (κ1) is 15.9. The normalized spacial score (nSPS) is 23.5. The van der Waals surface area contributed by atoms with Gasteiger partial charge in [-0.3, -0.25) is 9.59 Å². The molecule has 1 aromatic heterocycles. The summed E-state index contributed by atoms with van der Waals surface area (Å²) in [6.07, 6.45) is 3.33. The molecule has 0 radical (unpaired) electrons. The Kier molecular flexibility index (Phi) is 5.33. The third-order valence-corrected chi connectivity index (χ3v) is 5.18. The Balaban J connectivity index is 1.90. The minimum absolute atomic E-state index is 0.0339. The number of hydrogen-bond donors (Lipinski definition) is 2. The van der Waals surface area contributed by atoms with E-state index in [9.17, 15) is 9.59 Å². The van der Waals surface area contributed by atoms with Crippen LogP contribution in [-0.4, -0.2) is 22.0 Å². The molecule has 1 atom stereocenters. The van der Waals surface area contributed by atoms with Gasteiger partial charge in [-0.15, -0.1) is 11.3 Å². The summed E-state index contributed by atoms with van der Waals surface area (Å²) in [5, 5.41) is 15.0. The first-order chi connectivity index (χ1) is 10.0. The molecule has 0 aliphatic heterocycles. The molecule has 6 heteroatoms. The van der Waals surface area contributed by atoms with Gasteiger partial charge in [0.1, 0.15) is 5.01 Å². The van der Waals surface area contributed by atoms with Crippen molar-refractivity contribution in [1.29, 1.82) is 0 Å². The smallest absolute Gasteiger partial charge is 0.306 e. The second kappa shape index (κ2) is 7.02. The van der Waals surface area contributed by atoms with Crippen LogP contribution in [0.3, 0.4) is 0 Å². The molecule has 1 saturated carbocycles. The molecule has 2 rings (SSSR count). The van der Waals surface area contributed by atoms with Crippen LogP contribution in [0.15, 0.2) is 5.38 Å². The molecule has 0 spiro atoms. The average molecular weight is 310 g/mol. The van der Waals surface area contributed by atoms with Gasteiger partial charge in [-0.2, -0.15) is 0 Å². The molecular weight excluding hydrogens is 288 g/mol. The summed E-state index contributed by atoms with van der Waals surface area (Å²) >= 11 is 1.57. The van der Waals surface area contributed by atoms with E-state index in [-0.39, 0.29) is 23.8 Å². The quantitative estimate of drug-likeness (QED) is 0.876. The van der Waals surface area contributed by atoms with Crippen LogP contribution in [0.2, 0.25) is 0 Å². The molecule has 0 saturated heterocycles. The molecule has 21 heavy (non-hydrogen) atoms. The first-order valence-electron chi connectivity index (χ1n) is 7.46. The van der Waals surface area contributed by atoms with Gasteiger partial charge < -0.3 is 10.4 Å². The summed E-state index contributed by atoms with van der Waals surface area (Å²) in [7, 11) is 0. The van der Waals surface area contributed by atoms with Crippen LogP contribution < -0.4 is 5.32 Å². The van der Waals surface area contributed by atoms with Gasteiger partial charge in [0.25, 0.3) is 0 Å². The number of thiazole rings is 1. The van der Waals surface area contributed by atoms with Crippen LogP contribution in [0.4, 0.5) is 0 Å². The Labute approximate surface area is 128 Å². The predicted molar refractivity (Wildman–Crippen MR) is 81.1 cm³/mol. The van der Waals surface area contributed by atoms with E-state index >= 15 is 0 Å². The summed E-state index contributed by atoms with van der Waals surface area (Å²) in [5.74, 6) is -1.04. The molecule has 0 aromatic carbocycles. The molecule has 1 amide bonds. The Hall–Kier alpha value is -1.43. The van der Waals surface area contributed by atoms with E-state index in [0.717, 1.165) is 17.1 Å². The number of hydrogen-bond acceptors (Lipinski definition) is 4. The third kappa shape index (κ3) is 4.03. The topological polar surface area (TPSA) is 79.3 Å². The van der Waals surface area contributed by atoms with E-state index in [1.807, 2.05) is 19.2 Å². The monoisotopic (exact) mass is 310 g/mol. The van der Waals surface area contributed by atoms with Crippen LogP contribution in [-0.2, 0) is 9.59 Å². The van der Waals surface area contributed by atoms with E-state index in [1.165, 1.54) is 0 Å². The zero-order valence-electron chi connectivity index (χ0n) is 12.5. The number of nitrogens with one attached hydrogen (secondary N) is 1. The number of carboxylic acids is 1. The van der Waals surface area contributed by atoms with Gasteiger partial charge in [-0.1, -0.05) is 6.92 Å². The fourth-order valence-corrected chi connectivity index (χ4v) is 3.69.